The first-order valence-corrected chi connectivity index (χ1v) is 12.1. The van der Waals surface area contributed by atoms with Crippen molar-refractivity contribution in [2.24, 2.45) is 5.92 Å². The number of piperidine rings is 1. The van der Waals surface area contributed by atoms with E-state index in [0.717, 1.165) is 37.8 Å². The molecule has 0 radical (unpaired) electrons. The van der Waals surface area contributed by atoms with Gasteiger partial charge in [0.25, 0.3) is 10.0 Å². The molecule has 1 saturated heterocycles. The molecule has 0 spiro atoms. The fourth-order valence-corrected chi connectivity index (χ4v) is 4.81. The Kier molecular flexibility index (Phi) is 6.48. The number of halogens is 4. The van der Waals surface area contributed by atoms with Crippen molar-refractivity contribution in [2.45, 2.75) is 30.8 Å². The summed E-state index contributed by atoms with van der Waals surface area (Å²) in [5.41, 5.74) is -0.452. The van der Waals surface area contributed by atoms with Gasteiger partial charge in [0.15, 0.2) is 5.82 Å². The summed E-state index contributed by atoms with van der Waals surface area (Å²) in [6, 6.07) is 11.4. The average molecular weight is 495 g/mol. The molecule has 3 aromatic rings. The summed E-state index contributed by atoms with van der Waals surface area (Å²) < 4.78 is 80.0. The number of sulfonamides is 1. The van der Waals surface area contributed by atoms with Crippen molar-refractivity contribution in [2.75, 3.05) is 22.7 Å². The van der Waals surface area contributed by atoms with E-state index in [1.165, 1.54) is 12.1 Å². The van der Waals surface area contributed by atoms with Gasteiger partial charge < -0.3 is 4.90 Å². The van der Waals surface area contributed by atoms with E-state index in [0.29, 0.717) is 23.2 Å². The Labute approximate surface area is 194 Å². The van der Waals surface area contributed by atoms with Crippen LogP contribution in [-0.2, 0) is 16.2 Å². The fraction of sp³-hybridized carbons (Fsp3) is 0.304. The first-order chi connectivity index (χ1) is 16.0. The largest absolute Gasteiger partial charge is 0.419 e. The summed E-state index contributed by atoms with van der Waals surface area (Å²) in [6.45, 7) is 4.04. The van der Waals surface area contributed by atoms with Gasteiger partial charge in [-0.2, -0.15) is 13.2 Å². The van der Waals surface area contributed by atoms with Crippen molar-refractivity contribution in [3.63, 3.8) is 0 Å². The zero-order valence-electron chi connectivity index (χ0n) is 18.2. The molecule has 0 amide bonds. The lowest BCUT2D eigenvalue weighted by molar-refractivity contribution is -0.140. The maximum atomic E-state index is 13.5. The van der Waals surface area contributed by atoms with Crippen molar-refractivity contribution in [1.82, 2.24) is 10.2 Å². The Morgan fingerprint density at radius 2 is 1.74 bits per heavy atom. The molecule has 0 unspecified atom stereocenters. The van der Waals surface area contributed by atoms with Gasteiger partial charge in [0.1, 0.15) is 5.82 Å². The van der Waals surface area contributed by atoms with Gasteiger partial charge >= 0.3 is 6.18 Å². The maximum absolute atomic E-state index is 13.5. The third kappa shape index (κ3) is 5.30. The van der Waals surface area contributed by atoms with Crippen molar-refractivity contribution in [3.05, 3.63) is 66.0 Å². The van der Waals surface area contributed by atoms with Crippen LogP contribution in [0.25, 0.3) is 11.3 Å². The van der Waals surface area contributed by atoms with Gasteiger partial charge in [-0.05, 0) is 61.2 Å². The van der Waals surface area contributed by atoms with Gasteiger partial charge in [0.05, 0.1) is 16.2 Å². The van der Waals surface area contributed by atoms with Crippen LogP contribution in [0.15, 0.2) is 59.5 Å². The second-order valence-electron chi connectivity index (χ2n) is 8.27. The van der Waals surface area contributed by atoms with Crippen molar-refractivity contribution in [1.29, 1.82) is 0 Å². The van der Waals surface area contributed by atoms with E-state index in [9.17, 15) is 26.0 Å². The van der Waals surface area contributed by atoms with Gasteiger partial charge in [-0.15, -0.1) is 10.2 Å². The van der Waals surface area contributed by atoms with E-state index in [2.05, 4.69) is 26.7 Å². The predicted molar refractivity (Wildman–Crippen MR) is 120 cm³/mol. The van der Waals surface area contributed by atoms with Crippen molar-refractivity contribution < 1.29 is 26.0 Å². The second kappa shape index (κ2) is 9.21. The summed E-state index contributed by atoms with van der Waals surface area (Å²) >= 11 is 0. The number of hydrogen-bond acceptors (Lipinski definition) is 5. The quantitative estimate of drug-likeness (QED) is 0.485. The highest BCUT2D eigenvalue weighted by atomic mass is 32.2. The summed E-state index contributed by atoms with van der Waals surface area (Å²) in [6.07, 6.45) is -2.85. The number of nitrogens with one attached hydrogen (secondary N) is 1. The zero-order chi connectivity index (χ0) is 24.5. The molecule has 4 rings (SSSR count). The van der Waals surface area contributed by atoms with Crippen molar-refractivity contribution >= 4 is 21.5 Å². The first-order valence-electron chi connectivity index (χ1n) is 10.6. The number of anilines is 2. The minimum Gasteiger partial charge on any atom is -0.355 e. The molecule has 1 aliphatic rings. The average Bonchev–Trinajstić information content (AvgIpc) is 2.79. The molecule has 6 nitrogen and oxygen atoms in total. The fourth-order valence-electron chi connectivity index (χ4n) is 3.73. The van der Waals surface area contributed by atoms with Crippen LogP contribution in [0.1, 0.15) is 25.3 Å². The Bertz CT molecular complexity index is 1270. The highest BCUT2D eigenvalue weighted by molar-refractivity contribution is 7.92. The minimum absolute atomic E-state index is 0.117. The molecule has 0 bridgehead atoms. The second-order valence-corrected chi connectivity index (χ2v) is 9.95. The van der Waals surface area contributed by atoms with Crippen LogP contribution in [0.2, 0.25) is 0 Å². The monoisotopic (exact) mass is 494 g/mol. The molecule has 1 aromatic heterocycles. The number of alkyl halides is 3. The molecule has 34 heavy (non-hydrogen) atoms. The lowest BCUT2D eigenvalue weighted by Crippen LogP contribution is -2.33. The molecule has 0 saturated carbocycles. The van der Waals surface area contributed by atoms with E-state index in [-0.39, 0.29) is 11.8 Å². The van der Waals surface area contributed by atoms with E-state index in [1.807, 2.05) is 6.07 Å². The van der Waals surface area contributed by atoms with Crippen molar-refractivity contribution in [3.8, 4) is 11.3 Å². The SMILES string of the molecule is CC1CCN(c2ccc(-c3cccc(NS(=O)(=O)c4ccc(F)c(C(F)(F)F)c4)c3)nn2)CC1. The van der Waals surface area contributed by atoms with Crippen LogP contribution >= 0.6 is 0 Å². The Balaban J connectivity index is 1.54. The highest BCUT2D eigenvalue weighted by Crippen LogP contribution is 2.33. The Morgan fingerprint density at radius 3 is 2.38 bits per heavy atom. The molecule has 1 N–H and O–H groups in total. The lowest BCUT2D eigenvalue weighted by Gasteiger charge is -2.30. The third-order valence-corrected chi connectivity index (χ3v) is 7.10. The summed E-state index contributed by atoms with van der Waals surface area (Å²) in [7, 11) is -4.40. The highest BCUT2D eigenvalue weighted by Gasteiger charge is 2.35. The summed E-state index contributed by atoms with van der Waals surface area (Å²) in [5.74, 6) is -0.0937. The van der Waals surface area contributed by atoms with Crippen LogP contribution in [0, 0.1) is 11.7 Å². The van der Waals surface area contributed by atoms with Gasteiger partial charge in [0, 0.05) is 24.3 Å². The van der Waals surface area contributed by atoms with Gasteiger partial charge in [-0.3, -0.25) is 4.72 Å². The predicted octanol–water partition coefficient (Wildman–Crippen LogP) is 5.34. The number of hydrogen-bond donors (Lipinski definition) is 1. The number of benzene rings is 2. The van der Waals surface area contributed by atoms with Crippen LogP contribution < -0.4 is 9.62 Å². The molecular formula is C23H22F4N4O2S. The number of rotatable bonds is 5. The minimum atomic E-state index is -5.02. The molecule has 1 fully saturated rings. The molecule has 1 aliphatic heterocycles. The molecule has 180 valence electrons. The van der Waals surface area contributed by atoms with Crippen LogP contribution in [-0.4, -0.2) is 31.7 Å². The number of nitrogens with zero attached hydrogens (tertiary/aromatic N) is 3. The summed E-state index contributed by atoms with van der Waals surface area (Å²) in [4.78, 5) is 1.46. The van der Waals surface area contributed by atoms with E-state index < -0.39 is 32.5 Å². The van der Waals surface area contributed by atoms with Gasteiger partial charge in [-0.25, -0.2) is 12.8 Å². The number of aromatic nitrogens is 2. The van der Waals surface area contributed by atoms with E-state index in [4.69, 9.17) is 0 Å². The molecule has 11 heteroatoms. The van der Waals surface area contributed by atoms with E-state index >= 15 is 0 Å². The molecule has 2 heterocycles. The smallest absolute Gasteiger partial charge is 0.355 e. The first kappa shape index (κ1) is 23.9. The van der Waals surface area contributed by atoms with Crippen LogP contribution in [0.5, 0.6) is 0 Å². The molecule has 0 aliphatic carbocycles. The third-order valence-electron chi connectivity index (χ3n) is 5.72. The maximum Gasteiger partial charge on any atom is 0.419 e. The van der Waals surface area contributed by atoms with E-state index in [1.54, 1.807) is 18.2 Å². The Morgan fingerprint density at radius 1 is 1.00 bits per heavy atom. The standard InChI is InChI=1S/C23H22F4N4O2S/c1-15-9-11-31(12-10-15)22-8-7-21(28-29-22)16-3-2-4-17(13-16)30-34(32,33)18-5-6-20(24)19(14-18)23(25,26)27/h2-8,13-15,30H,9-12H2,1H3. The van der Waals surface area contributed by atoms with Crippen LogP contribution in [0.4, 0.5) is 29.1 Å². The normalized spacial score (nSPS) is 15.4. The van der Waals surface area contributed by atoms with Crippen LogP contribution in [0.3, 0.4) is 0 Å². The molecular weight excluding hydrogens is 472 g/mol. The topological polar surface area (TPSA) is 75.2 Å². The Hall–Kier alpha value is -3.21. The lowest BCUT2D eigenvalue weighted by atomic mass is 9.99. The van der Waals surface area contributed by atoms with Gasteiger partial charge in [-0.1, -0.05) is 19.1 Å². The zero-order valence-corrected chi connectivity index (χ0v) is 19.0. The van der Waals surface area contributed by atoms with Gasteiger partial charge in [0.2, 0.25) is 0 Å². The molecule has 0 atom stereocenters. The molecule has 2 aromatic carbocycles. The summed E-state index contributed by atoms with van der Waals surface area (Å²) in [5, 5.41) is 8.54.